The van der Waals surface area contributed by atoms with E-state index in [0.29, 0.717) is 28.0 Å². The molecule has 2 heterocycles. The summed E-state index contributed by atoms with van der Waals surface area (Å²) >= 11 is 1.20. The summed E-state index contributed by atoms with van der Waals surface area (Å²) in [5.41, 5.74) is 3.94. The fourth-order valence-electron chi connectivity index (χ4n) is 3.69. The molecule has 0 aliphatic rings. The Bertz CT molecular complexity index is 1490. The Labute approximate surface area is 193 Å². The first kappa shape index (κ1) is 20.9. The lowest BCUT2D eigenvalue weighted by molar-refractivity contribution is -0.113. The zero-order chi connectivity index (χ0) is 22.9. The number of aryl methyl sites for hydroxylation is 1. The lowest BCUT2D eigenvalue weighted by Crippen LogP contribution is -2.16. The summed E-state index contributed by atoms with van der Waals surface area (Å²) in [6, 6.07) is 19.3. The van der Waals surface area contributed by atoms with Gasteiger partial charge in [-0.05, 0) is 25.1 Å². The third kappa shape index (κ3) is 3.98. The number of carbonyl (C=O) groups excluding carboxylic acids is 1. The third-order valence-electron chi connectivity index (χ3n) is 5.25. The van der Waals surface area contributed by atoms with Gasteiger partial charge in [0.15, 0.2) is 5.82 Å². The fourth-order valence-corrected chi connectivity index (χ4v) is 4.35. The van der Waals surface area contributed by atoms with Gasteiger partial charge in [-0.1, -0.05) is 53.7 Å². The summed E-state index contributed by atoms with van der Waals surface area (Å²) < 4.78 is 12.8. The second-order valence-electron chi connectivity index (χ2n) is 7.53. The van der Waals surface area contributed by atoms with Crippen LogP contribution in [0, 0.1) is 6.92 Å². The van der Waals surface area contributed by atoms with Crippen LogP contribution in [-0.4, -0.2) is 33.6 Å². The van der Waals surface area contributed by atoms with Crippen molar-refractivity contribution in [2.24, 2.45) is 0 Å². The number of nitrogens with two attached hydrogens (primary N) is 1. The van der Waals surface area contributed by atoms with Crippen molar-refractivity contribution < 1.29 is 13.9 Å². The van der Waals surface area contributed by atoms with E-state index in [0.717, 1.165) is 27.5 Å². The zero-order valence-electron chi connectivity index (χ0n) is 18.0. The number of hydrogen-bond donors (Lipinski definition) is 2. The normalized spacial score (nSPS) is 11.2. The second-order valence-corrected chi connectivity index (χ2v) is 8.47. The molecule has 8 nitrogen and oxygen atoms in total. The number of nitrogens with one attached hydrogen (secondary N) is 1. The predicted molar refractivity (Wildman–Crippen MR) is 130 cm³/mol. The Hall–Kier alpha value is -3.98. The summed E-state index contributed by atoms with van der Waals surface area (Å²) in [5, 5.41) is 13.6. The first-order valence-corrected chi connectivity index (χ1v) is 11.2. The fraction of sp³-hybridized carbons (Fsp3) is 0.125. The highest BCUT2D eigenvalue weighted by atomic mass is 32.2. The minimum absolute atomic E-state index is 0.102. The van der Waals surface area contributed by atoms with Gasteiger partial charge in [-0.25, -0.2) is 4.68 Å². The van der Waals surface area contributed by atoms with Gasteiger partial charge < -0.3 is 20.3 Å². The molecule has 0 fully saturated rings. The standard InChI is InChI=1S/C24H21N5O3S/c1-14-6-5-7-15(10-14)23-27-28-24(29(23)25)33-13-22(30)26-18-12-20-17(11-21(18)31-2)16-8-3-4-9-19(16)32-20/h3-12H,13,25H2,1-2H3,(H,26,30). The number of anilines is 1. The molecule has 166 valence electrons. The van der Waals surface area contributed by atoms with Gasteiger partial charge in [-0.2, -0.15) is 0 Å². The number of furan rings is 1. The van der Waals surface area contributed by atoms with E-state index in [-0.39, 0.29) is 11.7 Å². The van der Waals surface area contributed by atoms with Crippen molar-refractivity contribution in [3.05, 3.63) is 66.2 Å². The van der Waals surface area contributed by atoms with E-state index in [1.54, 1.807) is 13.2 Å². The highest BCUT2D eigenvalue weighted by Crippen LogP contribution is 2.36. The number of aromatic nitrogens is 3. The number of hydrogen-bond acceptors (Lipinski definition) is 7. The topological polar surface area (TPSA) is 108 Å². The summed E-state index contributed by atoms with van der Waals surface area (Å²) in [6.07, 6.45) is 0. The number of methoxy groups -OCH3 is 1. The van der Waals surface area contributed by atoms with Crippen molar-refractivity contribution in [2.45, 2.75) is 12.1 Å². The maximum absolute atomic E-state index is 12.7. The number of ether oxygens (including phenoxy) is 1. The molecule has 3 N–H and O–H groups in total. The molecule has 5 aromatic rings. The number of rotatable bonds is 6. The molecule has 0 unspecified atom stereocenters. The van der Waals surface area contributed by atoms with Gasteiger partial charge in [0.2, 0.25) is 11.1 Å². The van der Waals surface area contributed by atoms with Crippen molar-refractivity contribution in [2.75, 3.05) is 24.0 Å². The van der Waals surface area contributed by atoms with E-state index < -0.39 is 0 Å². The molecular weight excluding hydrogens is 438 g/mol. The van der Waals surface area contributed by atoms with Crippen molar-refractivity contribution in [1.29, 1.82) is 0 Å². The van der Waals surface area contributed by atoms with Gasteiger partial charge in [-0.3, -0.25) is 4.79 Å². The van der Waals surface area contributed by atoms with Crippen LogP contribution in [-0.2, 0) is 4.79 Å². The molecule has 0 atom stereocenters. The lowest BCUT2D eigenvalue weighted by atomic mass is 10.1. The summed E-state index contributed by atoms with van der Waals surface area (Å²) in [5.74, 6) is 7.14. The molecule has 1 amide bonds. The molecule has 2 aromatic heterocycles. The van der Waals surface area contributed by atoms with Crippen LogP contribution in [0.2, 0.25) is 0 Å². The van der Waals surface area contributed by atoms with Crippen molar-refractivity contribution in [3.63, 3.8) is 0 Å². The average Bonchev–Trinajstić information content (AvgIpc) is 3.36. The van der Waals surface area contributed by atoms with Crippen LogP contribution in [0.25, 0.3) is 33.3 Å². The van der Waals surface area contributed by atoms with E-state index >= 15 is 0 Å². The quantitative estimate of drug-likeness (QED) is 0.282. The van der Waals surface area contributed by atoms with Crippen LogP contribution < -0.4 is 15.9 Å². The average molecular weight is 460 g/mol. The first-order chi connectivity index (χ1) is 16.0. The molecule has 3 aromatic carbocycles. The van der Waals surface area contributed by atoms with Crippen LogP contribution in [0.5, 0.6) is 5.75 Å². The highest BCUT2D eigenvalue weighted by molar-refractivity contribution is 7.99. The van der Waals surface area contributed by atoms with Gasteiger partial charge in [0.1, 0.15) is 16.9 Å². The number of carbonyl (C=O) groups is 1. The Balaban J connectivity index is 1.33. The van der Waals surface area contributed by atoms with Crippen LogP contribution in [0.4, 0.5) is 5.69 Å². The highest BCUT2D eigenvalue weighted by Gasteiger charge is 2.17. The number of benzene rings is 3. The summed E-state index contributed by atoms with van der Waals surface area (Å²) in [4.78, 5) is 12.7. The van der Waals surface area contributed by atoms with Gasteiger partial charge in [0.25, 0.3) is 0 Å². The number of amides is 1. The van der Waals surface area contributed by atoms with E-state index in [9.17, 15) is 4.79 Å². The third-order valence-corrected chi connectivity index (χ3v) is 6.19. The molecule has 0 saturated carbocycles. The number of nitrogen functional groups attached to an aromatic ring is 1. The molecule has 0 radical (unpaired) electrons. The maximum atomic E-state index is 12.7. The Morgan fingerprint density at radius 1 is 1.09 bits per heavy atom. The van der Waals surface area contributed by atoms with Crippen molar-refractivity contribution >= 4 is 45.3 Å². The van der Waals surface area contributed by atoms with Crippen LogP contribution in [0.3, 0.4) is 0 Å². The van der Waals surface area contributed by atoms with E-state index in [1.807, 2.05) is 61.5 Å². The maximum Gasteiger partial charge on any atom is 0.234 e. The Morgan fingerprint density at radius 2 is 1.94 bits per heavy atom. The molecule has 0 saturated heterocycles. The minimum Gasteiger partial charge on any atom is -0.495 e. The molecular formula is C24H21N5O3S. The monoisotopic (exact) mass is 459 g/mol. The molecule has 0 bridgehead atoms. The number of thioether (sulfide) groups is 1. The molecule has 9 heteroatoms. The van der Waals surface area contributed by atoms with Crippen LogP contribution in [0.15, 0.2) is 70.2 Å². The number of fused-ring (bicyclic) bond motifs is 3. The Kier molecular flexibility index (Phi) is 5.39. The first-order valence-electron chi connectivity index (χ1n) is 10.2. The summed E-state index contributed by atoms with van der Waals surface area (Å²) in [7, 11) is 1.57. The van der Waals surface area contributed by atoms with Gasteiger partial charge in [0.05, 0.1) is 18.6 Å². The molecule has 0 aliphatic heterocycles. The van der Waals surface area contributed by atoms with Crippen LogP contribution >= 0.6 is 11.8 Å². The number of nitrogens with zero attached hydrogens (tertiary/aromatic N) is 3. The largest absolute Gasteiger partial charge is 0.495 e. The molecule has 0 spiro atoms. The predicted octanol–water partition coefficient (Wildman–Crippen LogP) is 4.61. The molecule has 0 aliphatic carbocycles. The molecule has 5 rings (SSSR count). The summed E-state index contributed by atoms with van der Waals surface area (Å²) in [6.45, 7) is 2.00. The second kappa shape index (κ2) is 8.51. The molecule has 33 heavy (non-hydrogen) atoms. The Morgan fingerprint density at radius 3 is 2.76 bits per heavy atom. The number of para-hydroxylation sites is 1. The van der Waals surface area contributed by atoms with E-state index in [2.05, 4.69) is 15.5 Å². The van der Waals surface area contributed by atoms with E-state index in [4.69, 9.17) is 15.0 Å². The van der Waals surface area contributed by atoms with E-state index in [1.165, 1.54) is 16.4 Å². The van der Waals surface area contributed by atoms with Gasteiger partial charge in [-0.15, -0.1) is 10.2 Å². The minimum atomic E-state index is -0.228. The van der Waals surface area contributed by atoms with Gasteiger partial charge in [0, 0.05) is 22.4 Å². The van der Waals surface area contributed by atoms with Crippen molar-refractivity contribution in [1.82, 2.24) is 14.9 Å². The van der Waals surface area contributed by atoms with Gasteiger partial charge >= 0.3 is 0 Å². The van der Waals surface area contributed by atoms with Crippen molar-refractivity contribution in [3.8, 4) is 17.1 Å². The van der Waals surface area contributed by atoms with Crippen LogP contribution in [0.1, 0.15) is 5.56 Å². The smallest absolute Gasteiger partial charge is 0.234 e. The lowest BCUT2D eigenvalue weighted by Gasteiger charge is -2.10. The zero-order valence-corrected chi connectivity index (χ0v) is 18.8. The SMILES string of the molecule is COc1cc2c(cc1NC(=O)CSc1nnc(-c3cccc(C)c3)n1N)oc1ccccc12.